The van der Waals surface area contributed by atoms with E-state index in [-0.39, 0.29) is 6.54 Å². The summed E-state index contributed by atoms with van der Waals surface area (Å²) in [4.78, 5) is 29.6. The highest BCUT2D eigenvalue weighted by molar-refractivity contribution is 5.79. The Bertz CT molecular complexity index is 336. The van der Waals surface area contributed by atoms with Crippen molar-refractivity contribution in [3.63, 3.8) is 0 Å². The standard InChI is InChI=1S/C8H12N4O3/c1-12(5-6-9-2-3-10-6)8(15)11-4-7(13)14/h2-3H,4-5H2,1H3,(H,9,10)(H,11,15)(H,13,14). The van der Waals surface area contributed by atoms with Gasteiger partial charge in [0.25, 0.3) is 0 Å². The van der Waals surface area contributed by atoms with Crippen LogP contribution in [0.2, 0.25) is 0 Å². The molecule has 1 aromatic rings. The van der Waals surface area contributed by atoms with Crippen LogP contribution < -0.4 is 5.32 Å². The zero-order valence-corrected chi connectivity index (χ0v) is 8.23. The smallest absolute Gasteiger partial charge is 0.323 e. The summed E-state index contributed by atoms with van der Waals surface area (Å²) in [6, 6.07) is -0.450. The van der Waals surface area contributed by atoms with Crippen molar-refractivity contribution in [3.05, 3.63) is 18.2 Å². The summed E-state index contributed by atoms with van der Waals surface area (Å²) in [7, 11) is 1.56. The maximum Gasteiger partial charge on any atom is 0.323 e. The second kappa shape index (κ2) is 4.99. The summed E-state index contributed by atoms with van der Waals surface area (Å²) in [6.45, 7) is -0.0836. The Morgan fingerprint density at radius 3 is 2.93 bits per heavy atom. The molecule has 0 aromatic carbocycles. The van der Waals surface area contributed by atoms with Gasteiger partial charge in [-0.05, 0) is 0 Å². The number of urea groups is 1. The predicted molar refractivity (Wildman–Crippen MR) is 51.1 cm³/mol. The molecular weight excluding hydrogens is 200 g/mol. The Hall–Kier alpha value is -2.05. The van der Waals surface area contributed by atoms with Crippen molar-refractivity contribution in [3.8, 4) is 0 Å². The molecule has 15 heavy (non-hydrogen) atoms. The third kappa shape index (κ3) is 3.67. The number of carboxylic acids is 1. The fourth-order valence-corrected chi connectivity index (χ4v) is 0.967. The number of aromatic nitrogens is 2. The van der Waals surface area contributed by atoms with Crippen LogP contribution in [0.1, 0.15) is 5.82 Å². The molecule has 7 nitrogen and oxygen atoms in total. The number of carbonyl (C=O) groups excluding carboxylic acids is 1. The van der Waals surface area contributed by atoms with E-state index in [2.05, 4.69) is 15.3 Å². The second-order valence-electron chi connectivity index (χ2n) is 2.94. The van der Waals surface area contributed by atoms with Crippen molar-refractivity contribution in [1.82, 2.24) is 20.2 Å². The molecule has 1 aromatic heterocycles. The van der Waals surface area contributed by atoms with E-state index in [1.54, 1.807) is 19.4 Å². The van der Waals surface area contributed by atoms with Gasteiger partial charge in [-0.15, -0.1) is 0 Å². The maximum atomic E-state index is 11.3. The number of imidazole rings is 1. The minimum atomic E-state index is -1.07. The lowest BCUT2D eigenvalue weighted by Crippen LogP contribution is -2.39. The van der Waals surface area contributed by atoms with Crippen molar-refractivity contribution in [2.75, 3.05) is 13.6 Å². The van der Waals surface area contributed by atoms with Gasteiger partial charge in [-0.25, -0.2) is 9.78 Å². The van der Waals surface area contributed by atoms with Crippen molar-refractivity contribution < 1.29 is 14.7 Å². The van der Waals surface area contributed by atoms with E-state index in [0.717, 1.165) is 0 Å². The zero-order valence-electron chi connectivity index (χ0n) is 8.23. The van der Waals surface area contributed by atoms with Crippen LogP contribution in [0.4, 0.5) is 4.79 Å². The number of hydrogen-bond acceptors (Lipinski definition) is 3. The molecule has 0 aliphatic rings. The lowest BCUT2D eigenvalue weighted by Gasteiger charge is -2.15. The second-order valence-corrected chi connectivity index (χ2v) is 2.94. The number of carboxylic acid groups (broad SMARTS) is 1. The molecule has 0 aliphatic carbocycles. The normalized spacial score (nSPS) is 9.67. The molecule has 0 unspecified atom stereocenters. The predicted octanol–water partition coefficient (Wildman–Crippen LogP) is -0.364. The number of aromatic amines is 1. The Morgan fingerprint density at radius 1 is 1.67 bits per heavy atom. The van der Waals surface area contributed by atoms with Crippen LogP contribution in [0.25, 0.3) is 0 Å². The van der Waals surface area contributed by atoms with Gasteiger partial charge in [-0.1, -0.05) is 0 Å². The third-order valence-electron chi connectivity index (χ3n) is 1.68. The Labute approximate surface area is 86.1 Å². The lowest BCUT2D eigenvalue weighted by atomic mass is 10.5. The quantitative estimate of drug-likeness (QED) is 0.634. The number of H-pyrrole nitrogens is 1. The topological polar surface area (TPSA) is 98.3 Å². The van der Waals surface area contributed by atoms with Gasteiger partial charge in [0.1, 0.15) is 12.4 Å². The number of amides is 2. The van der Waals surface area contributed by atoms with Gasteiger partial charge in [0.15, 0.2) is 0 Å². The Kier molecular flexibility index (Phi) is 3.67. The highest BCUT2D eigenvalue weighted by Gasteiger charge is 2.10. The van der Waals surface area contributed by atoms with E-state index in [1.807, 2.05) is 0 Å². The third-order valence-corrected chi connectivity index (χ3v) is 1.68. The molecule has 1 heterocycles. The Balaban J connectivity index is 2.36. The summed E-state index contributed by atoms with van der Waals surface area (Å²) >= 11 is 0. The zero-order chi connectivity index (χ0) is 11.3. The Morgan fingerprint density at radius 2 is 2.40 bits per heavy atom. The van der Waals surface area contributed by atoms with Crippen molar-refractivity contribution in [2.24, 2.45) is 0 Å². The molecule has 0 spiro atoms. The largest absolute Gasteiger partial charge is 0.480 e. The molecule has 3 N–H and O–H groups in total. The van der Waals surface area contributed by atoms with E-state index in [9.17, 15) is 9.59 Å². The molecule has 0 aliphatic heterocycles. The molecule has 2 amide bonds. The van der Waals surface area contributed by atoms with Crippen molar-refractivity contribution in [2.45, 2.75) is 6.54 Å². The van der Waals surface area contributed by atoms with Crippen LogP contribution in [0.3, 0.4) is 0 Å². The first kappa shape index (κ1) is 11.0. The molecule has 0 radical (unpaired) electrons. The van der Waals surface area contributed by atoms with E-state index in [0.29, 0.717) is 12.4 Å². The number of carbonyl (C=O) groups is 2. The highest BCUT2D eigenvalue weighted by atomic mass is 16.4. The van der Waals surface area contributed by atoms with Crippen LogP contribution >= 0.6 is 0 Å². The summed E-state index contributed by atoms with van der Waals surface area (Å²) in [6.07, 6.45) is 3.23. The molecule has 0 atom stereocenters. The fraction of sp³-hybridized carbons (Fsp3) is 0.375. The first-order valence-electron chi connectivity index (χ1n) is 4.28. The molecule has 0 fully saturated rings. The fourth-order valence-electron chi connectivity index (χ4n) is 0.967. The van der Waals surface area contributed by atoms with Crippen LogP contribution in [0.5, 0.6) is 0 Å². The van der Waals surface area contributed by atoms with Gasteiger partial charge in [0, 0.05) is 19.4 Å². The molecule has 0 saturated carbocycles. The summed E-state index contributed by atoms with van der Waals surface area (Å²) < 4.78 is 0. The van der Waals surface area contributed by atoms with Crippen LogP contribution in [0.15, 0.2) is 12.4 Å². The first-order valence-corrected chi connectivity index (χ1v) is 4.28. The van der Waals surface area contributed by atoms with Gasteiger partial charge in [0.05, 0.1) is 6.54 Å². The van der Waals surface area contributed by atoms with Crippen molar-refractivity contribution >= 4 is 12.0 Å². The summed E-state index contributed by atoms with van der Waals surface area (Å²) in [5.74, 6) is -0.433. The van der Waals surface area contributed by atoms with Gasteiger partial charge in [-0.2, -0.15) is 0 Å². The lowest BCUT2D eigenvalue weighted by molar-refractivity contribution is -0.135. The SMILES string of the molecule is CN(Cc1ncc[nH]1)C(=O)NCC(=O)O. The molecule has 1 rings (SSSR count). The van der Waals surface area contributed by atoms with E-state index in [1.165, 1.54) is 4.90 Å². The van der Waals surface area contributed by atoms with E-state index >= 15 is 0 Å². The van der Waals surface area contributed by atoms with Crippen molar-refractivity contribution in [1.29, 1.82) is 0 Å². The number of hydrogen-bond donors (Lipinski definition) is 3. The van der Waals surface area contributed by atoms with Crippen LogP contribution in [-0.2, 0) is 11.3 Å². The monoisotopic (exact) mass is 212 g/mol. The minimum Gasteiger partial charge on any atom is -0.480 e. The summed E-state index contributed by atoms with van der Waals surface area (Å²) in [5.41, 5.74) is 0. The van der Waals surface area contributed by atoms with E-state index < -0.39 is 12.0 Å². The van der Waals surface area contributed by atoms with E-state index in [4.69, 9.17) is 5.11 Å². The minimum absolute atomic E-state index is 0.304. The number of aliphatic carboxylic acids is 1. The molecule has 0 saturated heterocycles. The van der Waals surface area contributed by atoms with Crippen LogP contribution in [0, 0.1) is 0 Å². The van der Waals surface area contributed by atoms with Gasteiger partial charge in [0.2, 0.25) is 0 Å². The first-order chi connectivity index (χ1) is 7.09. The molecule has 82 valence electrons. The van der Waals surface area contributed by atoms with Gasteiger partial charge < -0.3 is 20.3 Å². The van der Waals surface area contributed by atoms with Crippen LogP contribution in [-0.4, -0.2) is 45.6 Å². The average Bonchev–Trinajstić information content (AvgIpc) is 2.66. The van der Waals surface area contributed by atoms with Gasteiger partial charge in [-0.3, -0.25) is 4.79 Å². The highest BCUT2D eigenvalue weighted by Crippen LogP contribution is 1.95. The molecular formula is C8H12N4O3. The van der Waals surface area contributed by atoms with Gasteiger partial charge >= 0.3 is 12.0 Å². The molecule has 0 bridgehead atoms. The number of rotatable bonds is 4. The summed E-state index contributed by atoms with van der Waals surface area (Å²) in [5, 5.41) is 10.6. The maximum absolute atomic E-state index is 11.3. The number of nitrogens with one attached hydrogen (secondary N) is 2. The average molecular weight is 212 g/mol. The number of nitrogens with zero attached hydrogens (tertiary/aromatic N) is 2. The molecule has 7 heteroatoms.